The molecule has 0 spiro atoms. The standard InChI is InChI=1S/C17H18N2O3/c20-16(15-4-3-11-22-15)18-12-13-5-7-14(8-6-13)17(21)19-9-1-2-10-19/h3-8,11H,1-2,9-10,12H2,(H,18,20). The summed E-state index contributed by atoms with van der Waals surface area (Å²) in [5, 5.41) is 2.78. The molecule has 0 saturated carbocycles. The predicted octanol–water partition coefficient (Wildman–Crippen LogP) is 2.45. The van der Waals surface area contributed by atoms with Crippen LogP contribution in [0.2, 0.25) is 0 Å². The van der Waals surface area contributed by atoms with Gasteiger partial charge in [-0.1, -0.05) is 12.1 Å². The highest BCUT2D eigenvalue weighted by Gasteiger charge is 2.19. The zero-order valence-electron chi connectivity index (χ0n) is 12.2. The van der Waals surface area contributed by atoms with Crippen molar-refractivity contribution < 1.29 is 14.0 Å². The molecule has 3 rings (SSSR count). The van der Waals surface area contributed by atoms with Gasteiger partial charge in [0.15, 0.2) is 5.76 Å². The number of carbonyl (C=O) groups is 2. The number of rotatable bonds is 4. The SMILES string of the molecule is O=C(NCc1ccc(C(=O)N2CCCC2)cc1)c1ccco1. The second kappa shape index (κ2) is 6.47. The molecule has 0 unspecified atom stereocenters. The first-order chi connectivity index (χ1) is 10.7. The lowest BCUT2D eigenvalue weighted by molar-refractivity contribution is 0.0792. The topological polar surface area (TPSA) is 62.6 Å². The van der Waals surface area contributed by atoms with Crippen molar-refractivity contribution in [2.75, 3.05) is 13.1 Å². The van der Waals surface area contributed by atoms with Crippen molar-refractivity contribution in [1.82, 2.24) is 10.2 Å². The summed E-state index contributed by atoms with van der Waals surface area (Å²) in [6.45, 7) is 2.09. The van der Waals surface area contributed by atoms with E-state index in [1.807, 2.05) is 29.2 Å². The summed E-state index contributed by atoms with van der Waals surface area (Å²) in [7, 11) is 0. The van der Waals surface area contributed by atoms with Crippen molar-refractivity contribution in [3.05, 3.63) is 59.5 Å². The first kappa shape index (κ1) is 14.4. The van der Waals surface area contributed by atoms with Gasteiger partial charge in [-0.2, -0.15) is 0 Å². The number of amides is 2. The summed E-state index contributed by atoms with van der Waals surface area (Å²) >= 11 is 0. The second-order valence-corrected chi connectivity index (χ2v) is 5.36. The zero-order valence-corrected chi connectivity index (χ0v) is 12.2. The largest absolute Gasteiger partial charge is 0.459 e. The Hall–Kier alpha value is -2.56. The Kier molecular flexibility index (Phi) is 4.23. The number of benzene rings is 1. The van der Waals surface area contributed by atoms with Crippen LogP contribution in [0.3, 0.4) is 0 Å². The highest BCUT2D eigenvalue weighted by Crippen LogP contribution is 2.13. The average Bonchev–Trinajstić information content (AvgIpc) is 3.25. The van der Waals surface area contributed by atoms with E-state index < -0.39 is 0 Å². The molecular weight excluding hydrogens is 280 g/mol. The maximum absolute atomic E-state index is 12.2. The lowest BCUT2D eigenvalue weighted by Gasteiger charge is -2.15. The van der Waals surface area contributed by atoms with Crippen LogP contribution in [-0.4, -0.2) is 29.8 Å². The van der Waals surface area contributed by atoms with Gasteiger partial charge in [-0.3, -0.25) is 9.59 Å². The molecule has 1 aliphatic heterocycles. The maximum atomic E-state index is 12.2. The van der Waals surface area contributed by atoms with Crippen molar-refractivity contribution in [3.63, 3.8) is 0 Å². The van der Waals surface area contributed by atoms with Gasteiger partial charge in [-0.15, -0.1) is 0 Å². The molecule has 2 amide bonds. The molecule has 0 radical (unpaired) electrons. The summed E-state index contributed by atoms with van der Waals surface area (Å²) in [5.41, 5.74) is 1.64. The van der Waals surface area contributed by atoms with Crippen LogP contribution in [0.5, 0.6) is 0 Å². The van der Waals surface area contributed by atoms with Gasteiger partial charge in [0.1, 0.15) is 0 Å². The first-order valence-corrected chi connectivity index (χ1v) is 7.44. The van der Waals surface area contributed by atoms with Crippen molar-refractivity contribution in [2.24, 2.45) is 0 Å². The van der Waals surface area contributed by atoms with Gasteiger partial charge in [0.05, 0.1) is 6.26 Å². The minimum atomic E-state index is -0.248. The van der Waals surface area contributed by atoms with Gasteiger partial charge in [0.2, 0.25) is 0 Å². The molecule has 1 fully saturated rings. The van der Waals surface area contributed by atoms with Crippen LogP contribution in [0, 0.1) is 0 Å². The molecular formula is C17H18N2O3. The minimum Gasteiger partial charge on any atom is -0.459 e. The molecule has 1 N–H and O–H groups in total. The number of furan rings is 1. The highest BCUT2D eigenvalue weighted by atomic mass is 16.3. The average molecular weight is 298 g/mol. The molecule has 1 saturated heterocycles. The monoisotopic (exact) mass is 298 g/mol. The van der Waals surface area contributed by atoms with E-state index in [0.717, 1.165) is 31.5 Å². The molecule has 1 aliphatic rings. The van der Waals surface area contributed by atoms with E-state index in [0.29, 0.717) is 17.9 Å². The van der Waals surface area contributed by atoms with Crippen LogP contribution in [0.1, 0.15) is 39.3 Å². The van der Waals surface area contributed by atoms with Crippen LogP contribution >= 0.6 is 0 Å². The van der Waals surface area contributed by atoms with Gasteiger partial charge in [-0.25, -0.2) is 0 Å². The van der Waals surface area contributed by atoms with E-state index in [2.05, 4.69) is 5.32 Å². The third kappa shape index (κ3) is 3.19. The Labute approximate surface area is 128 Å². The Balaban J connectivity index is 1.57. The maximum Gasteiger partial charge on any atom is 0.287 e. The molecule has 2 aromatic rings. The summed E-state index contributed by atoms with van der Waals surface area (Å²) in [5.74, 6) is 0.131. The van der Waals surface area contributed by atoms with Gasteiger partial charge in [0, 0.05) is 25.2 Å². The molecule has 0 atom stereocenters. The smallest absolute Gasteiger partial charge is 0.287 e. The summed E-state index contributed by atoms with van der Waals surface area (Å²) < 4.78 is 5.03. The Morgan fingerprint density at radius 3 is 2.45 bits per heavy atom. The Morgan fingerprint density at radius 1 is 1.09 bits per heavy atom. The van der Waals surface area contributed by atoms with Crippen molar-refractivity contribution in [3.8, 4) is 0 Å². The van der Waals surface area contributed by atoms with E-state index in [1.165, 1.54) is 6.26 Å². The van der Waals surface area contributed by atoms with E-state index >= 15 is 0 Å². The fourth-order valence-corrected chi connectivity index (χ4v) is 2.55. The number of hydrogen-bond acceptors (Lipinski definition) is 3. The van der Waals surface area contributed by atoms with Crippen LogP contribution in [0.25, 0.3) is 0 Å². The number of carbonyl (C=O) groups excluding carboxylic acids is 2. The third-order valence-electron chi connectivity index (χ3n) is 3.79. The van der Waals surface area contributed by atoms with Crippen LogP contribution in [-0.2, 0) is 6.54 Å². The van der Waals surface area contributed by atoms with Gasteiger partial charge in [-0.05, 0) is 42.7 Å². The Morgan fingerprint density at radius 2 is 1.82 bits per heavy atom. The van der Waals surface area contributed by atoms with Gasteiger partial charge < -0.3 is 14.6 Å². The lowest BCUT2D eigenvalue weighted by atomic mass is 10.1. The molecule has 1 aromatic carbocycles. The molecule has 5 nitrogen and oxygen atoms in total. The summed E-state index contributed by atoms with van der Waals surface area (Å²) in [6.07, 6.45) is 3.64. The van der Waals surface area contributed by atoms with Crippen molar-refractivity contribution in [1.29, 1.82) is 0 Å². The zero-order chi connectivity index (χ0) is 15.4. The van der Waals surface area contributed by atoms with E-state index in [9.17, 15) is 9.59 Å². The molecule has 22 heavy (non-hydrogen) atoms. The molecule has 114 valence electrons. The number of likely N-dealkylation sites (tertiary alicyclic amines) is 1. The molecule has 0 aliphatic carbocycles. The molecule has 1 aromatic heterocycles. The molecule has 2 heterocycles. The highest BCUT2D eigenvalue weighted by molar-refractivity contribution is 5.94. The summed E-state index contributed by atoms with van der Waals surface area (Å²) in [6, 6.07) is 10.7. The third-order valence-corrected chi connectivity index (χ3v) is 3.79. The van der Waals surface area contributed by atoms with Crippen LogP contribution < -0.4 is 5.32 Å². The van der Waals surface area contributed by atoms with E-state index in [-0.39, 0.29) is 11.8 Å². The first-order valence-electron chi connectivity index (χ1n) is 7.44. The second-order valence-electron chi connectivity index (χ2n) is 5.36. The van der Waals surface area contributed by atoms with Gasteiger partial charge >= 0.3 is 0 Å². The van der Waals surface area contributed by atoms with E-state index in [4.69, 9.17) is 4.42 Å². The Bertz CT molecular complexity index is 641. The van der Waals surface area contributed by atoms with Crippen LogP contribution in [0.4, 0.5) is 0 Å². The minimum absolute atomic E-state index is 0.0867. The number of nitrogens with zero attached hydrogens (tertiary/aromatic N) is 1. The van der Waals surface area contributed by atoms with E-state index in [1.54, 1.807) is 12.1 Å². The fourth-order valence-electron chi connectivity index (χ4n) is 2.55. The fraction of sp³-hybridized carbons (Fsp3) is 0.294. The van der Waals surface area contributed by atoms with Crippen molar-refractivity contribution >= 4 is 11.8 Å². The number of nitrogens with one attached hydrogen (secondary N) is 1. The van der Waals surface area contributed by atoms with Crippen LogP contribution in [0.15, 0.2) is 47.1 Å². The predicted molar refractivity (Wildman–Crippen MR) is 81.5 cm³/mol. The lowest BCUT2D eigenvalue weighted by Crippen LogP contribution is -2.27. The summed E-state index contributed by atoms with van der Waals surface area (Å²) in [4.78, 5) is 25.9. The van der Waals surface area contributed by atoms with Crippen molar-refractivity contribution in [2.45, 2.75) is 19.4 Å². The quantitative estimate of drug-likeness (QED) is 0.943. The molecule has 5 heteroatoms. The normalized spacial score (nSPS) is 14.1. The number of hydrogen-bond donors (Lipinski definition) is 1. The van der Waals surface area contributed by atoms with Gasteiger partial charge in [0.25, 0.3) is 11.8 Å². The molecule has 0 bridgehead atoms.